The lowest BCUT2D eigenvalue weighted by atomic mass is 10.0. The van der Waals surface area contributed by atoms with Crippen LogP contribution in [0, 0.1) is 0 Å². The highest BCUT2D eigenvalue weighted by molar-refractivity contribution is 7.99. The van der Waals surface area contributed by atoms with Crippen molar-refractivity contribution in [1.82, 2.24) is 15.5 Å². The number of aromatic nitrogens is 2. The van der Waals surface area contributed by atoms with Crippen LogP contribution in [-0.2, 0) is 4.74 Å². The van der Waals surface area contributed by atoms with Crippen LogP contribution < -0.4 is 5.32 Å². The minimum atomic E-state index is 0.222. The maximum absolute atomic E-state index is 5.45. The van der Waals surface area contributed by atoms with Crippen molar-refractivity contribution in [2.75, 3.05) is 31.3 Å². The first-order valence-corrected chi connectivity index (χ1v) is 7.31. The topological polar surface area (TPSA) is 60.2 Å². The normalized spacial score (nSPS) is 30.4. The molecule has 94 valence electrons. The van der Waals surface area contributed by atoms with Crippen LogP contribution in [-0.4, -0.2) is 41.4 Å². The second-order valence-electron chi connectivity index (χ2n) is 4.49. The Kier molecular flexibility index (Phi) is 3.63. The van der Waals surface area contributed by atoms with Gasteiger partial charge in [-0.3, -0.25) is 0 Å². The average molecular weight is 255 g/mol. The fourth-order valence-electron chi connectivity index (χ4n) is 2.22. The molecule has 2 fully saturated rings. The van der Waals surface area contributed by atoms with Crippen LogP contribution in [0.2, 0.25) is 0 Å². The van der Waals surface area contributed by atoms with Crippen molar-refractivity contribution < 1.29 is 9.26 Å². The summed E-state index contributed by atoms with van der Waals surface area (Å²) < 4.78 is 10.8. The quantitative estimate of drug-likeness (QED) is 0.860. The van der Waals surface area contributed by atoms with Crippen LogP contribution in [0.4, 0.5) is 0 Å². The largest absolute Gasteiger partial charge is 0.381 e. The highest BCUT2D eigenvalue weighted by atomic mass is 32.2. The Morgan fingerprint density at radius 3 is 3.18 bits per heavy atom. The average Bonchev–Trinajstić information content (AvgIpc) is 2.90. The van der Waals surface area contributed by atoms with E-state index in [1.165, 1.54) is 0 Å². The number of hydrogen-bond acceptors (Lipinski definition) is 6. The van der Waals surface area contributed by atoms with Crippen LogP contribution in [0.25, 0.3) is 0 Å². The third-order valence-corrected chi connectivity index (χ3v) is 4.26. The molecule has 0 radical (unpaired) electrons. The fourth-order valence-corrected chi connectivity index (χ4v) is 3.15. The molecule has 0 bridgehead atoms. The molecular weight excluding hydrogens is 238 g/mol. The lowest BCUT2D eigenvalue weighted by molar-refractivity contribution is 0.0773. The Bertz CT molecular complexity index is 327. The zero-order valence-corrected chi connectivity index (χ0v) is 10.5. The number of thioether (sulfide) groups is 1. The van der Waals surface area contributed by atoms with Crippen molar-refractivity contribution in [1.29, 1.82) is 0 Å². The zero-order chi connectivity index (χ0) is 11.5. The summed E-state index contributed by atoms with van der Waals surface area (Å²) in [6, 6.07) is 0.222. The van der Waals surface area contributed by atoms with Crippen molar-refractivity contribution >= 4 is 11.8 Å². The van der Waals surface area contributed by atoms with Crippen LogP contribution in [0.1, 0.15) is 36.5 Å². The van der Waals surface area contributed by atoms with E-state index >= 15 is 0 Å². The van der Waals surface area contributed by atoms with Gasteiger partial charge in [-0.2, -0.15) is 16.7 Å². The molecule has 3 rings (SSSR count). The van der Waals surface area contributed by atoms with Crippen LogP contribution >= 0.6 is 11.8 Å². The Balaban J connectivity index is 1.68. The van der Waals surface area contributed by atoms with Gasteiger partial charge in [-0.1, -0.05) is 5.16 Å². The van der Waals surface area contributed by atoms with E-state index in [2.05, 4.69) is 15.5 Å². The maximum Gasteiger partial charge on any atom is 0.244 e. The highest BCUT2D eigenvalue weighted by Crippen LogP contribution is 2.26. The molecule has 0 spiro atoms. The second kappa shape index (κ2) is 5.37. The van der Waals surface area contributed by atoms with Gasteiger partial charge in [0.05, 0.1) is 12.6 Å². The summed E-state index contributed by atoms with van der Waals surface area (Å²) in [7, 11) is 0. The maximum atomic E-state index is 5.45. The van der Waals surface area contributed by atoms with Gasteiger partial charge in [0.2, 0.25) is 5.89 Å². The minimum absolute atomic E-state index is 0.222. The van der Waals surface area contributed by atoms with Gasteiger partial charge < -0.3 is 14.6 Å². The van der Waals surface area contributed by atoms with E-state index in [4.69, 9.17) is 9.26 Å². The summed E-state index contributed by atoms with van der Waals surface area (Å²) in [4.78, 5) is 4.52. The molecule has 2 saturated heterocycles. The van der Waals surface area contributed by atoms with Crippen LogP contribution in [0.5, 0.6) is 0 Å². The molecule has 1 aromatic heterocycles. The van der Waals surface area contributed by atoms with Crippen LogP contribution in [0.3, 0.4) is 0 Å². The molecule has 0 amide bonds. The van der Waals surface area contributed by atoms with E-state index in [-0.39, 0.29) is 6.04 Å². The molecule has 17 heavy (non-hydrogen) atoms. The molecule has 2 atom stereocenters. The molecule has 2 aliphatic heterocycles. The lowest BCUT2D eigenvalue weighted by Crippen LogP contribution is -2.30. The monoisotopic (exact) mass is 255 g/mol. The molecule has 6 heteroatoms. The Hall–Kier alpha value is -0.590. The molecule has 2 unspecified atom stereocenters. The summed E-state index contributed by atoms with van der Waals surface area (Å²) in [5, 5.41) is 7.50. The molecule has 3 heterocycles. The molecule has 0 aromatic carbocycles. The number of hydrogen-bond donors (Lipinski definition) is 1. The Morgan fingerprint density at radius 2 is 2.41 bits per heavy atom. The molecule has 2 aliphatic rings. The number of nitrogens with one attached hydrogen (secondary N) is 1. The standard InChI is InChI=1S/C11H17N3O2S/c1-2-8(6-15-4-1)10-13-11(16-14-10)9-7-17-5-3-12-9/h8-9,12H,1-7H2. The summed E-state index contributed by atoms with van der Waals surface area (Å²) in [6.45, 7) is 2.60. The van der Waals surface area contributed by atoms with Crippen molar-refractivity contribution in [3.05, 3.63) is 11.7 Å². The van der Waals surface area contributed by atoms with Gasteiger partial charge >= 0.3 is 0 Å². The summed E-state index contributed by atoms with van der Waals surface area (Å²) in [5.41, 5.74) is 0. The number of nitrogens with zero attached hydrogens (tertiary/aromatic N) is 2. The van der Waals surface area contributed by atoms with E-state index in [0.717, 1.165) is 55.8 Å². The number of ether oxygens (including phenoxy) is 1. The van der Waals surface area contributed by atoms with Crippen molar-refractivity contribution in [2.24, 2.45) is 0 Å². The van der Waals surface area contributed by atoms with E-state index in [1.807, 2.05) is 11.8 Å². The van der Waals surface area contributed by atoms with Gasteiger partial charge in [0.25, 0.3) is 0 Å². The predicted octanol–water partition coefficient (Wildman–Crippen LogP) is 1.34. The highest BCUT2D eigenvalue weighted by Gasteiger charge is 2.25. The molecular formula is C11H17N3O2S. The zero-order valence-electron chi connectivity index (χ0n) is 9.72. The first-order chi connectivity index (χ1) is 8.43. The predicted molar refractivity (Wildman–Crippen MR) is 65.2 cm³/mol. The Morgan fingerprint density at radius 1 is 1.41 bits per heavy atom. The smallest absolute Gasteiger partial charge is 0.244 e. The third kappa shape index (κ3) is 2.64. The van der Waals surface area contributed by atoms with Gasteiger partial charge in [0.1, 0.15) is 0 Å². The first-order valence-electron chi connectivity index (χ1n) is 6.16. The molecule has 5 nitrogen and oxygen atoms in total. The van der Waals surface area contributed by atoms with Crippen LogP contribution in [0.15, 0.2) is 4.52 Å². The van der Waals surface area contributed by atoms with Gasteiger partial charge in [0.15, 0.2) is 5.82 Å². The van der Waals surface area contributed by atoms with Gasteiger partial charge in [0, 0.05) is 30.6 Å². The van der Waals surface area contributed by atoms with E-state index in [0.29, 0.717) is 5.92 Å². The van der Waals surface area contributed by atoms with Gasteiger partial charge in [-0.05, 0) is 12.8 Å². The summed E-state index contributed by atoms with van der Waals surface area (Å²) in [6.07, 6.45) is 2.19. The molecule has 0 saturated carbocycles. The van der Waals surface area contributed by atoms with Crippen molar-refractivity contribution in [3.8, 4) is 0 Å². The second-order valence-corrected chi connectivity index (χ2v) is 5.64. The minimum Gasteiger partial charge on any atom is -0.381 e. The van der Waals surface area contributed by atoms with Crippen molar-refractivity contribution in [2.45, 2.75) is 24.8 Å². The summed E-state index contributed by atoms with van der Waals surface area (Å²) >= 11 is 1.93. The fraction of sp³-hybridized carbons (Fsp3) is 0.818. The molecule has 1 aromatic rings. The van der Waals surface area contributed by atoms with E-state index < -0.39 is 0 Å². The van der Waals surface area contributed by atoms with Gasteiger partial charge in [-0.25, -0.2) is 0 Å². The van der Waals surface area contributed by atoms with E-state index in [9.17, 15) is 0 Å². The third-order valence-electron chi connectivity index (χ3n) is 3.20. The lowest BCUT2D eigenvalue weighted by Gasteiger charge is -2.20. The molecule has 1 N–H and O–H groups in total. The van der Waals surface area contributed by atoms with Gasteiger partial charge in [-0.15, -0.1) is 0 Å². The summed E-state index contributed by atoms with van der Waals surface area (Å²) in [5.74, 6) is 4.05. The molecule has 0 aliphatic carbocycles. The SMILES string of the molecule is C1COCC(c2noc(C3CSCCN3)n2)C1. The Labute approximate surface area is 105 Å². The van der Waals surface area contributed by atoms with Crippen molar-refractivity contribution in [3.63, 3.8) is 0 Å². The first kappa shape index (κ1) is 11.5. The van der Waals surface area contributed by atoms with E-state index in [1.54, 1.807) is 0 Å². The number of rotatable bonds is 2.